The van der Waals surface area contributed by atoms with Crippen LogP contribution in [0, 0.1) is 5.92 Å². The van der Waals surface area contributed by atoms with Crippen molar-refractivity contribution in [2.45, 2.75) is 45.1 Å². The lowest BCUT2D eigenvalue weighted by Crippen LogP contribution is -2.58. The summed E-state index contributed by atoms with van der Waals surface area (Å²) in [5.74, 6) is -0.453. The topological polar surface area (TPSA) is 55.8 Å². The van der Waals surface area contributed by atoms with Gasteiger partial charge in [0.2, 0.25) is 0 Å². The maximum atomic E-state index is 13.0. The number of amides is 2. The summed E-state index contributed by atoms with van der Waals surface area (Å²) in [5.41, 5.74) is 1.98. The minimum Gasteiger partial charge on any atom is -0.376 e. The lowest BCUT2D eigenvalue weighted by molar-refractivity contribution is -0.148. The summed E-state index contributed by atoms with van der Waals surface area (Å²) in [5, 5.41) is 0. The van der Waals surface area contributed by atoms with Crippen molar-refractivity contribution in [3.63, 3.8) is 0 Å². The highest BCUT2D eigenvalue weighted by Crippen LogP contribution is 2.34. The molecular weight excluding hydrogens is 354 g/mol. The highest BCUT2D eigenvalue weighted by atomic mass is 16.5. The van der Waals surface area contributed by atoms with Gasteiger partial charge in [-0.15, -0.1) is 0 Å². The van der Waals surface area contributed by atoms with Crippen LogP contribution in [0.5, 0.6) is 0 Å². The Balaban J connectivity index is 1.60. The smallest absolute Gasteiger partial charge is 0.261 e. The molecule has 146 valence electrons. The number of carbonyl (C=O) groups excluding carboxylic acids is 2. The minimum absolute atomic E-state index is 0.0483. The van der Waals surface area contributed by atoms with Crippen LogP contribution in [0.25, 0.3) is 0 Å². The molecule has 1 fully saturated rings. The van der Waals surface area contributed by atoms with Crippen molar-refractivity contribution in [3.05, 3.63) is 71.3 Å². The Kier molecular flexibility index (Phi) is 5.29. The summed E-state index contributed by atoms with van der Waals surface area (Å²) in [6, 6.07) is 16.5. The van der Waals surface area contributed by atoms with E-state index in [1.165, 1.54) is 4.90 Å². The fourth-order valence-corrected chi connectivity index (χ4v) is 4.28. The molecule has 1 saturated heterocycles. The van der Waals surface area contributed by atoms with Gasteiger partial charge in [-0.05, 0) is 24.1 Å². The van der Waals surface area contributed by atoms with E-state index in [1.54, 1.807) is 24.3 Å². The van der Waals surface area contributed by atoms with Crippen LogP contribution in [0.1, 0.15) is 46.5 Å². The second-order valence-electron chi connectivity index (χ2n) is 7.49. The maximum Gasteiger partial charge on any atom is 0.261 e. The zero-order valence-electron chi connectivity index (χ0n) is 16.2. The van der Waals surface area contributed by atoms with E-state index in [2.05, 4.69) is 13.8 Å². The summed E-state index contributed by atoms with van der Waals surface area (Å²) in [4.78, 5) is 27.3. The first-order valence-corrected chi connectivity index (χ1v) is 9.85. The molecule has 0 spiro atoms. The molecule has 2 aromatic carbocycles. The quantitative estimate of drug-likeness (QED) is 0.744. The van der Waals surface area contributed by atoms with Gasteiger partial charge in [-0.2, -0.15) is 0 Å². The Bertz CT molecular complexity index is 831. The Morgan fingerprint density at radius 2 is 1.61 bits per heavy atom. The van der Waals surface area contributed by atoms with Gasteiger partial charge in [0.25, 0.3) is 11.8 Å². The van der Waals surface area contributed by atoms with Crippen molar-refractivity contribution in [3.8, 4) is 0 Å². The molecule has 2 aliphatic rings. The first kappa shape index (κ1) is 18.8. The van der Waals surface area contributed by atoms with Gasteiger partial charge in [0.05, 0.1) is 42.6 Å². The molecule has 0 bridgehead atoms. The molecule has 4 atom stereocenters. The monoisotopic (exact) mass is 379 g/mol. The van der Waals surface area contributed by atoms with Crippen molar-refractivity contribution in [2.24, 2.45) is 5.92 Å². The van der Waals surface area contributed by atoms with Crippen LogP contribution in [-0.4, -0.2) is 41.6 Å². The lowest BCUT2D eigenvalue weighted by Gasteiger charge is -2.43. The van der Waals surface area contributed by atoms with Crippen molar-refractivity contribution in [1.29, 1.82) is 0 Å². The summed E-state index contributed by atoms with van der Waals surface area (Å²) < 4.78 is 12.3. The van der Waals surface area contributed by atoms with Crippen LogP contribution in [0.3, 0.4) is 0 Å². The molecule has 5 nitrogen and oxygen atoms in total. The summed E-state index contributed by atoms with van der Waals surface area (Å²) in [6.45, 7) is 4.89. The Morgan fingerprint density at radius 3 is 2.21 bits per heavy atom. The Hall–Kier alpha value is -2.50. The number of ether oxygens (including phenoxy) is 2. The number of fused-ring (bicyclic) bond motifs is 1. The zero-order valence-corrected chi connectivity index (χ0v) is 16.2. The molecule has 0 aromatic heterocycles. The van der Waals surface area contributed by atoms with Crippen LogP contribution < -0.4 is 0 Å². The Morgan fingerprint density at radius 1 is 1.00 bits per heavy atom. The SMILES string of the molecule is CC[C@H]1OC[C@@H](N2C(=O)c3ccccc3C2=O)[C@@H](OCc2ccccc2)[C@H]1C. The molecule has 2 amide bonds. The predicted molar refractivity (Wildman–Crippen MR) is 105 cm³/mol. The van der Waals surface area contributed by atoms with Gasteiger partial charge in [0.15, 0.2) is 0 Å². The van der Waals surface area contributed by atoms with Gasteiger partial charge < -0.3 is 9.47 Å². The number of carbonyl (C=O) groups is 2. The normalized spacial score (nSPS) is 27.1. The molecule has 2 aliphatic heterocycles. The molecular formula is C23H25NO4. The number of hydrogen-bond donors (Lipinski definition) is 0. The largest absolute Gasteiger partial charge is 0.376 e. The number of rotatable bonds is 5. The van der Waals surface area contributed by atoms with Crippen LogP contribution in [-0.2, 0) is 16.1 Å². The fraction of sp³-hybridized carbons (Fsp3) is 0.391. The molecule has 0 aliphatic carbocycles. The van der Waals surface area contributed by atoms with Gasteiger partial charge in [0, 0.05) is 5.92 Å². The van der Waals surface area contributed by atoms with Crippen LogP contribution in [0.15, 0.2) is 54.6 Å². The van der Waals surface area contributed by atoms with Gasteiger partial charge in [-0.25, -0.2) is 0 Å². The molecule has 4 rings (SSSR count). The van der Waals surface area contributed by atoms with Crippen molar-refractivity contribution >= 4 is 11.8 Å². The number of nitrogens with zero attached hydrogens (tertiary/aromatic N) is 1. The first-order chi connectivity index (χ1) is 13.6. The third kappa shape index (κ3) is 3.25. The average Bonchev–Trinajstić information content (AvgIpc) is 2.98. The molecule has 0 saturated carbocycles. The van der Waals surface area contributed by atoms with Gasteiger partial charge in [-0.1, -0.05) is 56.3 Å². The molecule has 0 N–H and O–H groups in total. The third-order valence-electron chi connectivity index (χ3n) is 5.81. The van der Waals surface area contributed by atoms with Crippen molar-refractivity contribution < 1.29 is 19.1 Å². The van der Waals surface area contributed by atoms with Gasteiger partial charge in [0.1, 0.15) is 0 Å². The van der Waals surface area contributed by atoms with Crippen molar-refractivity contribution in [2.75, 3.05) is 6.61 Å². The maximum absolute atomic E-state index is 13.0. The summed E-state index contributed by atoms with van der Waals surface area (Å²) >= 11 is 0. The number of hydrogen-bond acceptors (Lipinski definition) is 4. The van der Waals surface area contributed by atoms with E-state index in [0.717, 1.165) is 12.0 Å². The van der Waals surface area contributed by atoms with E-state index in [-0.39, 0.29) is 29.9 Å². The average molecular weight is 379 g/mol. The van der Waals surface area contributed by atoms with E-state index >= 15 is 0 Å². The van der Waals surface area contributed by atoms with Gasteiger partial charge >= 0.3 is 0 Å². The molecule has 0 unspecified atom stereocenters. The van der Waals surface area contributed by atoms with E-state index in [4.69, 9.17) is 9.47 Å². The van der Waals surface area contributed by atoms with Crippen molar-refractivity contribution in [1.82, 2.24) is 4.90 Å². The van der Waals surface area contributed by atoms with E-state index in [0.29, 0.717) is 24.3 Å². The van der Waals surface area contributed by atoms with Gasteiger partial charge in [-0.3, -0.25) is 14.5 Å². The van der Waals surface area contributed by atoms with E-state index in [1.807, 2.05) is 30.3 Å². The second kappa shape index (κ2) is 7.86. The highest BCUT2D eigenvalue weighted by Gasteiger charge is 2.48. The molecule has 2 aromatic rings. The Labute approximate surface area is 165 Å². The summed E-state index contributed by atoms with van der Waals surface area (Å²) in [6.07, 6.45) is 0.634. The standard InChI is InChI=1S/C23H25NO4/c1-3-20-15(2)21(28-13-16-9-5-4-6-10-16)19(14-27-20)24-22(25)17-11-7-8-12-18(17)23(24)26/h4-12,15,19-21H,3,13-14H2,1-2H3/t15-,19+,20+,21-/m0/s1. The van der Waals surface area contributed by atoms with Crippen LogP contribution in [0.2, 0.25) is 0 Å². The lowest BCUT2D eigenvalue weighted by atomic mass is 9.87. The third-order valence-corrected chi connectivity index (χ3v) is 5.81. The zero-order chi connectivity index (χ0) is 19.7. The van der Waals surface area contributed by atoms with E-state index in [9.17, 15) is 9.59 Å². The summed E-state index contributed by atoms with van der Waals surface area (Å²) in [7, 11) is 0. The van der Waals surface area contributed by atoms with Crippen LogP contribution >= 0.6 is 0 Å². The molecule has 28 heavy (non-hydrogen) atoms. The molecule has 0 radical (unpaired) electrons. The minimum atomic E-state index is -0.436. The molecule has 2 heterocycles. The van der Waals surface area contributed by atoms with E-state index < -0.39 is 6.04 Å². The number of benzene rings is 2. The fourth-order valence-electron chi connectivity index (χ4n) is 4.28. The second-order valence-corrected chi connectivity index (χ2v) is 7.49. The predicted octanol–water partition coefficient (Wildman–Crippen LogP) is 3.68. The van der Waals surface area contributed by atoms with Crippen LogP contribution in [0.4, 0.5) is 0 Å². The highest BCUT2D eigenvalue weighted by molar-refractivity contribution is 6.21. The number of imide groups is 1. The molecule has 5 heteroatoms. The first-order valence-electron chi connectivity index (χ1n) is 9.85.